The summed E-state index contributed by atoms with van der Waals surface area (Å²) in [5.41, 5.74) is 0. The zero-order valence-electron chi connectivity index (χ0n) is 7.88. The van der Waals surface area contributed by atoms with E-state index in [4.69, 9.17) is 0 Å². The molecule has 0 radical (unpaired) electrons. The van der Waals surface area contributed by atoms with E-state index in [9.17, 15) is 4.79 Å². The Morgan fingerprint density at radius 1 is 1.42 bits per heavy atom. The Labute approximate surface area is 74.9 Å². The number of carbonyl (C=O) groups is 1. The Balaban J connectivity index is 2.29. The van der Waals surface area contributed by atoms with Gasteiger partial charge >= 0.3 is 0 Å². The van der Waals surface area contributed by atoms with E-state index in [0.29, 0.717) is 11.7 Å². The van der Waals surface area contributed by atoms with Crippen molar-refractivity contribution in [2.24, 2.45) is 5.92 Å². The molecule has 0 aromatic carbocycles. The summed E-state index contributed by atoms with van der Waals surface area (Å²) in [4.78, 5) is 11.4. The molecule has 1 unspecified atom stereocenters. The van der Waals surface area contributed by atoms with E-state index in [0.717, 1.165) is 32.1 Å². The third-order valence-corrected chi connectivity index (χ3v) is 2.50. The molecule has 0 aromatic rings. The van der Waals surface area contributed by atoms with Gasteiger partial charge in [-0.05, 0) is 25.7 Å². The van der Waals surface area contributed by atoms with E-state index in [2.05, 4.69) is 19.1 Å². The van der Waals surface area contributed by atoms with Crippen LogP contribution in [0.1, 0.15) is 45.4 Å². The van der Waals surface area contributed by atoms with Crippen LogP contribution in [0.2, 0.25) is 0 Å². The van der Waals surface area contributed by atoms with Crippen molar-refractivity contribution in [2.75, 3.05) is 0 Å². The molecule has 0 heterocycles. The predicted molar refractivity (Wildman–Crippen MR) is 51.0 cm³/mol. The number of rotatable bonds is 3. The summed E-state index contributed by atoms with van der Waals surface area (Å²) in [7, 11) is 0. The Kier molecular flexibility index (Phi) is 4.06. The fourth-order valence-electron chi connectivity index (χ4n) is 1.73. The lowest BCUT2D eigenvalue weighted by Gasteiger charge is -2.18. The largest absolute Gasteiger partial charge is 0.299 e. The number of carbonyl (C=O) groups excluding carboxylic acids is 1. The van der Waals surface area contributed by atoms with Crippen molar-refractivity contribution >= 4 is 5.78 Å². The van der Waals surface area contributed by atoms with Crippen molar-refractivity contribution in [3.63, 3.8) is 0 Å². The molecule has 1 fully saturated rings. The molecule has 0 aliphatic heterocycles. The summed E-state index contributed by atoms with van der Waals surface area (Å²) in [5, 5.41) is 0. The Hall–Kier alpha value is -0.590. The van der Waals surface area contributed by atoms with Crippen LogP contribution in [0.25, 0.3) is 0 Å². The highest BCUT2D eigenvalue weighted by Crippen LogP contribution is 2.23. The van der Waals surface area contributed by atoms with Crippen molar-refractivity contribution in [3.05, 3.63) is 12.2 Å². The van der Waals surface area contributed by atoms with Crippen LogP contribution in [0.3, 0.4) is 0 Å². The second-order valence-electron chi connectivity index (χ2n) is 3.52. The number of hydrogen-bond donors (Lipinski definition) is 0. The molecule has 1 heteroatoms. The van der Waals surface area contributed by atoms with Gasteiger partial charge in [-0.15, -0.1) is 0 Å². The van der Waals surface area contributed by atoms with Gasteiger partial charge in [-0.25, -0.2) is 0 Å². The van der Waals surface area contributed by atoms with Crippen molar-refractivity contribution in [2.45, 2.75) is 45.4 Å². The monoisotopic (exact) mass is 166 g/mol. The van der Waals surface area contributed by atoms with E-state index in [1.54, 1.807) is 0 Å². The number of Topliss-reactive ketones (excluding diaryl/α,β-unsaturated/α-hetero) is 1. The van der Waals surface area contributed by atoms with Crippen molar-refractivity contribution in [1.82, 2.24) is 0 Å². The van der Waals surface area contributed by atoms with Crippen LogP contribution in [-0.4, -0.2) is 5.78 Å². The number of ketones is 1. The maximum Gasteiger partial charge on any atom is 0.136 e. The second kappa shape index (κ2) is 5.13. The molecule has 0 saturated heterocycles. The average molecular weight is 166 g/mol. The maximum absolute atomic E-state index is 11.4. The lowest BCUT2D eigenvalue weighted by atomic mass is 9.86. The summed E-state index contributed by atoms with van der Waals surface area (Å²) < 4.78 is 0. The first-order valence-corrected chi connectivity index (χ1v) is 5.02. The van der Waals surface area contributed by atoms with Gasteiger partial charge in [0.1, 0.15) is 5.78 Å². The molecule has 0 amide bonds. The first-order valence-electron chi connectivity index (χ1n) is 5.02. The summed E-state index contributed by atoms with van der Waals surface area (Å²) >= 11 is 0. The molecule has 1 atom stereocenters. The van der Waals surface area contributed by atoms with Gasteiger partial charge in [0, 0.05) is 12.3 Å². The van der Waals surface area contributed by atoms with Crippen LogP contribution in [-0.2, 0) is 4.79 Å². The molecule has 68 valence electrons. The van der Waals surface area contributed by atoms with Gasteiger partial charge < -0.3 is 0 Å². The van der Waals surface area contributed by atoms with E-state index < -0.39 is 0 Å². The van der Waals surface area contributed by atoms with Gasteiger partial charge in [0.15, 0.2) is 0 Å². The third-order valence-electron chi connectivity index (χ3n) is 2.50. The van der Waals surface area contributed by atoms with Crippen LogP contribution >= 0.6 is 0 Å². The van der Waals surface area contributed by atoms with E-state index in [1.165, 1.54) is 6.42 Å². The predicted octanol–water partition coefficient (Wildman–Crippen LogP) is 3.10. The van der Waals surface area contributed by atoms with Gasteiger partial charge in [0.2, 0.25) is 0 Å². The summed E-state index contributed by atoms with van der Waals surface area (Å²) in [5.74, 6) is 0.837. The first kappa shape index (κ1) is 9.50. The molecule has 1 rings (SSSR count). The highest BCUT2D eigenvalue weighted by molar-refractivity contribution is 5.81. The Morgan fingerprint density at radius 3 is 2.92 bits per heavy atom. The SMILES string of the molecule is CCC=CCC1CCCCC1=O. The minimum atomic E-state index is 0.349. The second-order valence-corrected chi connectivity index (χ2v) is 3.52. The Morgan fingerprint density at radius 2 is 2.25 bits per heavy atom. The zero-order valence-corrected chi connectivity index (χ0v) is 7.88. The van der Waals surface area contributed by atoms with Gasteiger partial charge in [0.25, 0.3) is 0 Å². The van der Waals surface area contributed by atoms with E-state index >= 15 is 0 Å². The van der Waals surface area contributed by atoms with Crippen LogP contribution in [0.15, 0.2) is 12.2 Å². The van der Waals surface area contributed by atoms with Crippen LogP contribution in [0, 0.1) is 5.92 Å². The van der Waals surface area contributed by atoms with Gasteiger partial charge in [0.05, 0.1) is 0 Å². The molecule has 1 saturated carbocycles. The molecular formula is C11H18O. The highest BCUT2D eigenvalue weighted by atomic mass is 16.1. The quantitative estimate of drug-likeness (QED) is 0.589. The number of hydrogen-bond acceptors (Lipinski definition) is 1. The lowest BCUT2D eigenvalue weighted by Crippen LogP contribution is -2.17. The normalized spacial score (nSPS) is 25.1. The minimum absolute atomic E-state index is 0.349. The van der Waals surface area contributed by atoms with E-state index in [1.807, 2.05) is 0 Å². The molecule has 1 aliphatic rings. The molecular weight excluding hydrogens is 148 g/mol. The molecule has 0 spiro atoms. The molecule has 0 bridgehead atoms. The Bertz CT molecular complexity index is 170. The zero-order chi connectivity index (χ0) is 8.81. The summed E-state index contributed by atoms with van der Waals surface area (Å²) in [6.45, 7) is 2.12. The third kappa shape index (κ3) is 2.80. The van der Waals surface area contributed by atoms with Crippen molar-refractivity contribution in [1.29, 1.82) is 0 Å². The van der Waals surface area contributed by atoms with Crippen molar-refractivity contribution < 1.29 is 4.79 Å². The minimum Gasteiger partial charge on any atom is -0.299 e. The molecule has 1 aliphatic carbocycles. The maximum atomic E-state index is 11.4. The fourth-order valence-corrected chi connectivity index (χ4v) is 1.73. The topological polar surface area (TPSA) is 17.1 Å². The van der Waals surface area contributed by atoms with Crippen LogP contribution < -0.4 is 0 Å². The average Bonchev–Trinajstić information content (AvgIpc) is 2.09. The molecule has 0 N–H and O–H groups in total. The fraction of sp³-hybridized carbons (Fsp3) is 0.727. The smallest absolute Gasteiger partial charge is 0.136 e. The van der Waals surface area contributed by atoms with E-state index in [-0.39, 0.29) is 0 Å². The van der Waals surface area contributed by atoms with Gasteiger partial charge in [-0.2, -0.15) is 0 Å². The highest BCUT2D eigenvalue weighted by Gasteiger charge is 2.20. The van der Waals surface area contributed by atoms with Crippen LogP contribution in [0.5, 0.6) is 0 Å². The van der Waals surface area contributed by atoms with Gasteiger partial charge in [-0.1, -0.05) is 25.5 Å². The van der Waals surface area contributed by atoms with Crippen molar-refractivity contribution in [3.8, 4) is 0 Å². The molecule has 0 aromatic heterocycles. The number of allylic oxidation sites excluding steroid dienone is 2. The molecule has 12 heavy (non-hydrogen) atoms. The van der Waals surface area contributed by atoms with Gasteiger partial charge in [-0.3, -0.25) is 4.79 Å². The molecule has 1 nitrogen and oxygen atoms in total. The standard InChI is InChI=1S/C11H18O/c1-2-3-4-7-10-8-5-6-9-11(10)12/h3-4,10H,2,5-9H2,1H3. The van der Waals surface area contributed by atoms with Crippen LogP contribution in [0.4, 0.5) is 0 Å². The summed E-state index contributed by atoms with van der Waals surface area (Å²) in [6.07, 6.45) is 10.7. The lowest BCUT2D eigenvalue weighted by molar-refractivity contribution is -0.124. The first-order chi connectivity index (χ1) is 5.84. The summed E-state index contributed by atoms with van der Waals surface area (Å²) in [6, 6.07) is 0.